The molecule has 0 aliphatic heterocycles. The van der Waals surface area contributed by atoms with Crippen molar-refractivity contribution in [2.75, 3.05) is 0 Å². The van der Waals surface area contributed by atoms with Crippen molar-refractivity contribution in [3.05, 3.63) is 46.3 Å². The van der Waals surface area contributed by atoms with Gasteiger partial charge in [0, 0.05) is 9.75 Å². The van der Waals surface area contributed by atoms with E-state index in [4.69, 9.17) is 0 Å². The molecule has 2 rings (SSSR count). The number of aryl methyl sites for hydroxylation is 2. The summed E-state index contributed by atoms with van der Waals surface area (Å²) in [6.07, 6.45) is 0. The van der Waals surface area contributed by atoms with Gasteiger partial charge in [-0.05, 0) is 42.0 Å². The predicted octanol–water partition coefficient (Wildman–Crippen LogP) is 5.33. The van der Waals surface area contributed by atoms with E-state index in [0.29, 0.717) is 0 Å². The fourth-order valence-electron chi connectivity index (χ4n) is 1.85. The summed E-state index contributed by atoms with van der Waals surface area (Å²) in [4.78, 5) is 2.79. The Kier molecular flexibility index (Phi) is 3.13. The molecule has 90 valence electrons. The van der Waals surface area contributed by atoms with Crippen LogP contribution >= 0.6 is 11.3 Å². The molecule has 0 aliphatic carbocycles. The lowest BCUT2D eigenvalue weighted by molar-refractivity contribution is 0.590. The van der Waals surface area contributed by atoms with E-state index in [2.05, 4.69) is 65.0 Å². The average molecular weight is 244 g/mol. The van der Waals surface area contributed by atoms with E-state index in [9.17, 15) is 0 Å². The maximum Gasteiger partial charge on any atom is 0.0348 e. The summed E-state index contributed by atoms with van der Waals surface area (Å²) in [5, 5.41) is 0. The minimum absolute atomic E-state index is 0.236. The van der Waals surface area contributed by atoms with Crippen LogP contribution in [0.4, 0.5) is 0 Å². The fourth-order valence-corrected chi connectivity index (χ4v) is 2.89. The van der Waals surface area contributed by atoms with E-state index < -0.39 is 0 Å². The second kappa shape index (κ2) is 4.30. The first-order chi connectivity index (χ1) is 7.88. The molecule has 0 amide bonds. The van der Waals surface area contributed by atoms with Gasteiger partial charge in [0.15, 0.2) is 0 Å². The van der Waals surface area contributed by atoms with Crippen molar-refractivity contribution in [3.8, 4) is 10.4 Å². The second-order valence-electron chi connectivity index (χ2n) is 5.68. The van der Waals surface area contributed by atoms with E-state index in [0.717, 1.165) is 0 Å². The van der Waals surface area contributed by atoms with Gasteiger partial charge in [-0.1, -0.05) is 45.0 Å². The highest BCUT2D eigenvalue weighted by atomic mass is 32.1. The lowest BCUT2D eigenvalue weighted by atomic mass is 9.86. The molecule has 1 aromatic carbocycles. The molecule has 0 aliphatic rings. The molecule has 2 aromatic rings. The molecule has 0 fully saturated rings. The van der Waals surface area contributed by atoms with Crippen LogP contribution in [0.3, 0.4) is 0 Å². The Morgan fingerprint density at radius 3 is 1.94 bits per heavy atom. The third-order valence-electron chi connectivity index (χ3n) is 3.20. The predicted molar refractivity (Wildman–Crippen MR) is 77.9 cm³/mol. The molecular formula is C16H20S. The van der Waals surface area contributed by atoms with Crippen molar-refractivity contribution in [1.82, 2.24) is 0 Å². The summed E-state index contributed by atoms with van der Waals surface area (Å²) in [5.41, 5.74) is 4.36. The van der Waals surface area contributed by atoms with Crippen LogP contribution in [0.1, 0.15) is 36.8 Å². The smallest absolute Gasteiger partial charge is 0.0348 e. The van der Waals surface area contributed by atoms with Gasteiger partial charge in [-0.3, -0.25) is 0 Å². The van der Waals surface area contributed by atoms with Gasteiger partial charge in [0.05, 0.1) is 0 Å². The van der Waals surface area contributed by atoms with Crippen LogP contribution in [0.15, 0.2) is 30.3 Å². The summed E-state index contributed by atoms with van der Waals surface area (Å²) in [7, 11) is 0. The Labute approximate surface area is 108 Å². The minimum Gasteiger partial charge on any atom is -0.140 e. The molecule has 17 heavy (non-hydrogen) atoms. The number of rotatable bonds is 1. The topological polar surface area (TPSA) is 0 Å². The Morgan fingerprint density at radius 1 is 0.941 bits per heavy atom. The van der Waals surface area contributed by atoms with Crippen LogP contribution in [-0.2, 0) is 5.41 Å². The Hall–Kier alpha value is -1.08. The normalized spacial score (nSPS) is 11.8. The monoisotopic (exact) mass is 244 g/mol. The quantitative estimate of drug-likeness (QED) is 0.636. The van der Waals surface area contributed by atoms with Crippen molar-refractivity contribution < 1.29 is 0 Å². The fraction of sp³-hybridized carbons (Fsp3) is 0.375. The molecule has 0 saturated carbocycles. The first-order valence-corrected chi connectivity index (χ1v) is 6.87. The lowest BCUT2D eigenvalue weighted by Gasteiger charge is -2.18. The van der Waals surface area contributed by atoms with E-state index in [1.54, 1.807) is 0 Å². The van der Waals surface area contributed by atoms with E-state index >= 15 is 0 Å². The molecule has 0 N–H and O–H groups in total. The summed E-state index contributed by atoms with van der Waals surface area (Å²) >= 11 is 1.88. The van der Waals surface area contributed by atoms with E-state index in [-0.39, 0.29) is 5.41 Å². The third-order valence-corrected chi connectivity index (χ3v) is 4.40. The van der Waals surface area contributed by atoms with Gasteiger partial charge in [0.2, 0.25) is 0 Å². The van der Waals surface area contributed by atoms with Crippen molar-refractivity contribution in [3.63, 3.8) is 0 Å². The summed E-state index contributed by atoms with van der Waals surface area (Å²) < 4.78 is 0. The highest BCUT2D eigenvalue weighted by Gasteiger charge is 2.13. The molecular weight excluding hydrogens is 224 g/mol. The zero-order valence-corrected chi connectivity index (χ0v) is 12.1. The molecule has 0 bridgehead atoms. The number of hydrogen-bond acceptors (Lipinski definition) is 1. The van der Waals surface area contributed by atoms with Crippen LogP contribution in [0, 0.1) is 13.8 Å². The Morgan fingerprint density at radius 2 is 1.53 bits per heavy atom. The van der Waals surface area contributed by atoms with Gasteiger partial charge >= 0.3 is 0 Å². The van der Waals surface area contributed by atoms with Gasteiger partial charge < -0.3 is 0 Å². The first-order valence-electron chi connectivity index (χ1n) is 6.06. The van der Waals surface area contributed by atoms with Gasteiger partial charge in [-0.25, -0.2) is 0 Å². The lowest BCUT2D eigenvalue weighted by Crippen LogP contribution is -2.10. The van der Waals surface area contributed by atoms with Crippen molar-refractivity contribution in [2.45, 2.75) is 40.0 Å². The van der Waals surface area contributed by atoms with Gasteiger partial charge in [-0.2, -0.15) is 0 Å². The standard InChI is InChI=1S/C16H20S/c1-11-10-15(17-12(11)2)13-6-8-14(9-7-13)16(3,4)5/h6-10H,1-5H3. The minimum atomic E-state index is 0.236. The molecule has 1 aromatic heterocycles. The molecule has 0 nitrogen and oxygen atoms in total. The molecule has 0 spiro atoms. The van der Waals surface area contributed by atoms with Crippen molar-refractivity contribution in [2.24, 2.45) is 0 Å². The van der Waals surface area contributed by atoms with Gasteiger partial charge in [-0.15, -0.1) is 11.3 Å². The summed E-state index contributed by atoms with van der Waals surface area (Å²) in [5.74, 6) is 0. The summed E-state index contributed by atoms with van der Waals surface area (Å²) in [6, 6.07) is 11.3. The number of hydrogen-bond donors (Lipinski definition) is 0. The highest BCUT2D eigenvalue weighted by Crippen LogP contribution is 2.32. The zero-order valence-electron chi connectivity index (χ0n) is 11.3. The molecule has 1 heteroatoms. The maximum atomic E-state index is 2.28. The number of benzene rings is 1. The van der Waals surface area contributed by atoms with Crippen LogP contribution in [0.25, 0.3) is 10.4 Å². The molecule has 1 heterocycles. The van der Waals surface area contributed by atoms with Gasteiger partial charge in [0.25, 0.3) is 0 Å². The third kappa shape index (κ3) is 2.61. The second-order valence-corrected chi connectivity index (χ2v) is 6.93. The highest BCUT2D eigenvalue weighted by molar-refractivity contribution is 7.15. The average Bonchev–Trinajstić information content (AvgIpc) is 2.58. The molecule has 0 radical (unpaired) electrons. The molecule has 0 atom stereocenters. The first kappa shape index (κ1) is 12.4. The Balaban J connectivity index is 2.36. The van der Waals surface area contributed by atoms with Crippen LogP contribution in [0.2, 0.25) is 0 Å². The van der Waals surface area contributed by atoms with E-state index in [1.165, 1.54) is 26.4 Å². The Bertz CT molecular complexity index is 490. The van der Waals surface area contributed by atoms with Crippen LogP contribution in [-0.4, -0.2) is 0 Å². The molecule has 0 saturated heterocycles. The SMILES string of the molecule is Cc1cc(-c2ccc(C(C)(C)C)cc2)sc1C. The molecule has 0 unspecified atom stereocenters. The summed E-state index contributed by atoms with van der Waals surface area (Å²) in [6.45, 7) is 11.1. The van der Waals surface area contributed by atoms with E-state index in [1.807, 2.05) is 11.3 Å². The zero-order chi connectivity index (χ0) is 12.6. The van der Waals surface area contributed by atoms with Gasteiger partial charge in [0.1, 0.15) is 0 Å². The largest absolute Gasteiger partial charge is 0.140 e. The van der Waals surface area contributed by atoms with Crippen molar-refractivity contribution in [1.29, 1.82) is 0 Å². The maximum absolute atomic E-state index is 2.28. The van der Waals surface area contributed by atoms with Crippen LogP contribution in [0.5, 0.6) is 0 Å². The van der Waals surface area contributed by atoms with Crippen LogP contribution < -0.4 is 0 Å². The number of thiophene rings is 1. The van der Waals surface area contributed by atoms with Crippen molar-refractivity contribution >= 4 is 11.3 Å².